The van der Waals surface area contributed by atoms with Crippen LogP contribution in [0.1, 0.15) is 104 Å². The number of rotatable bonds is 10. The number of carbonyl (C=O) groups is 2. The second-order valence-electron chi connectivity index (χ2n) is 10.2. The van der Waals surface area contributed by atoms with Crippen LogP contribution in [-0.4, -0.2) is 30.9 Å². The standard InChI is InChI=1S/C30H41N3O2/c1-2-3-4-6-11-23-14-16-24(17-15-23)29(34)32-26-18-19-28(33-20-9-10-21-33)27(22-26)30(35)31-25-12-7-5-8-13-25/h14-19,22,25H,2-13,20-21H2,1H3,(H,31,35)(H,32,34). The molecule has 0 aromatic heterocycles. The maximum absolute atomic E-state index is 13.3. The summed E-state index contributed by atoms with van der Waals surface area (Å²) in [7, 11) is 0. The fourth-order valence-corrected chi connectivity index (χ4v) is 5.32. The highest BCUT2D eigenvalue weighted by Gasteiger charge is 2.23. The van der Waals surface area contributed by atoms with Crippen molar-refractivity contribution in [2.75, 3.05) is 23.3 Å². The Morgan fingerprint density at radius 2 is 1.60 bits per heavy atom. The number of hydrogen-bond acceptors (Lipinski definition) is 3. The predicted octanol–water partition coefficient (Wildman–Crippen LogP) is 6.72. The second-order valence-corrected chi connectivity index (χ2v) is 10.2. The van der Waals surface area contributed by atoms with E-state index < -0.39 is 0 Å². The van der Waals surface area contributed by atoms with Gasteiger partial charge in [-0.05, 0) is 74.4 Å². The van der Waals surface area contributed by atoms with Gasteiger partial charge in [-0.1, -0.05) is 57.6 Å². The summed E-state index contributed by atoms with van der Waals surface area (Å²) in [6.45, 7) is 4.17. The summed E-state index contributed by atoms with van der Waals surface area (Å²) < 4.78 is 0. The first-order chi connectivity index (χ1) is 17.1. The molecule has 1 aliphatic carbocycles. The Morgan fingerprint density at radius 3 is 2.31 bits per heavy atom. The van der Waals surface area contributed by atoms with E-state index in [2.05, 4.69) is 34.6 Å². The molecule has 2 aliphatic rings. The number of carbonyl (C=O) groups excluding carboxylic acids is 2. The zero-order chi connectivity index (χ0) is 24.5. The van der Waals surface area contributed by atoms with E-state index >= 15 is 0 Å². The molecule has 1 aliphatic heterocycles. The lowest BCUT2D eigenvalue weighted by molar-refractivity contribution is 0.0927. The topological polar surface area (TPSA) is 61.4 Å². The number of unbranched alkanes of at least 4 members (excludes halogenated alkanes) is 3. The van der Waals surface area contributed by atoms with Crippen molar-refractivity contribution in [1.29, 1.82) is 0 Å². The highest BCUT2D eigenvalue weighted by molar-refractivity contribution is 6.06. The van der Waals surface area contributed by atoms with Gasteiger partial charge in [-0.15, -0.1) is 0 Å². The molecule has 0 radical (unpaired) electrons. The van der Waals surface area contributed by atoms with Crippen molar-refractivity contribution in [3.05, 3.63) is 59.2 Å². The average molecular weight is 476 g/mol. The molecule has 2 amide bonds. The number of nitrogens with one attached hydrogen (secondary N) is 2. The first-order valence-corrected chi connectivity index (χ1v) is 13.7. The van der Waals surface area contributed by atoms with E-state index in [1.165, 1.54) is 50.5 Å². The quantitative estimate of drug-likeness (QED) is 0.375. The van der Waals surface area contributed by atoms with Crippen molar-refractivity contribution in [3.63, 3.8) is 0 Å². The summed E-state index contributed by atoms with van der Waals surface area (Å²) in [4.78, 5) is 28.5. The minimum absolute atomic E-state index is 0.0256. The maximum atomic E-state index is 13.3. The molecule has 5 nitrogen and oxygen atoms in total. The van der Waals surface area contributed by atoms with Crippen LogP contribution in [0.5, 0.6) is 0 Å². The van der Waals surface area contributed by atoms with Crippen LogP contribution in [0.4, 0.5) is 11.4 Å². The third-order valence-electron chi connectivity index (χ3n) is 7.42. The summed E-state index contributed by atoms with van der Waals surface area (Å²) in [6.07, 6.45) is 14.0. The number of amides is 2. The number of aryl methyl sites for hydroxylation is 1. The second kappa shape index (κ2) is 12.8. The number of nitrogens with zero attached hydrogens (tertiary/aromatic N) is 1. The van der Waals surface area contributed by atoms with Crippen LogP contribution in [0.15, 0.2) is 42.5 Å². The molecule has 35 heavy (non-hydrogen) atoms. The largest absolute Gasteiger partial charge is 0.371 e. The summed E-state index contributed by atoms with van der Waals surface area (Å²) in [5, 5.41) is 6.28. The molecule has 0 bridgehead atoms. The van der Waals surface area contributed by atoms with Gasteiger partial charge in [-0.2, -0.15) is 0 Å². The van der Waals surface area contributed by atoms with Crippen LogP contribution in [0.3, 0.4) is 0 Å². The fourth-order valence-electron chi connectivity index (χ4n) is 5.32. The van der Waals surface area contributed by atoms with Crippen molar-refractivity contribution in [2.45, 2.75) is 90.0 Å². The number of hydrogen-bond donors (Lipinski definition) is 2. The van der Waals surface area contributed by atoms with Crippen molar-refractivity contribution in [2.24, 2.45) is 0 Å². The molecule has 5 heteroatoms. The summed E-state index contributed by atoms with van der Waals surface area (Å²) >= 11 is 0. The lowest BCUT2D eigenvalue weighted by Gasteiger charge is -2.25. The van der Waals surface area contributed by atoms with Gasteiger partial charge >= 0.3 is 0 Å². The van der Waals surface area contributed by atoms with Crippen LogP contribution < -0.4 is 15.5 Å². The lowest BCUT2D eigenvalue weighted by atomic mass is 9.95. The third-order valence-corrected chi connectivity index (χ3v) is 7.42. The first-order valence-electron chi connectivity index (χ1n) is 13.7. The zero-order valence-corrected chi connectivity index (χ0v) is 21.3. The number of benzene rings is 2. The van der Waals surface area contributed by atoms with E-state index in [1.54, 1.807) is 0 Å². The van der Waals surface area contributed by atoms with Gasteiger partial charge in [0.25, 0.3) is 11.8 Å². The van der Waals surface area contributed by atoms with E-state index in [0.29, 0.717) is 16.8 Å². The van der Waals surface area contributed by atoms with Gasteiger partial charge in [0.2, 0.25) is 0 Å². The zero-order valence-electron chi connectivity index (χ0n) is 21.3. The molecule has 1 saturated carbocycles. The SMILES string of the molecule is CCCCCCc1ccc(C(=O)Nc2ccc(N3CCCC3)c(C(=O)NC3CCCCC3)c2)cc1. The van der Waals surface area contributed by atoms with Crippen LogP contribution in [0, 0.1) is 0 Å². The van der Waals surface area contributed by atoms with Crippen molar-refractivity contribution in [3.8, 4) is 0 Å². The minimum Gasteiger partial charge on any atom is -0.371 e. The summed E-state index contributed by atoms with van der Waals surface area (Å²) in [5.74, 6) is -0.169. The van der Waals surface area contributed by atoms with Gasteiger partial charge in [-0.3, -0.25) is 9.59 Å². The fraction of sp³-hybridized carbons (Fsp3) is 0.533. The summed E-state index contributed by atoms with van der Waals surface area (Å²) in [6, 6.07) is 13.9. The van der Waals surface area contributed by atoms with Gasteiger partial charge in [0.1, 0.15) is 0 Å². The molecule has 2 aromatic rings. The highest BCUT2D eigenvalue weighted by atomic mass is 16.2. The van der Waals surface area contributed by atoms with E-state index in [0.717, 1.165) is 50.9 Å². The molecule has 0 spiro atoms. The molecular weight excluding hydrogens is 434 g/mol. The Bertz CT molecular complexity index is 974. The van der Waals surface area contributed by atoms with Gasteiger partial charge in [0.05, 0.1) is 5.56 Å². The predicted molar refractivity (Wildman–Crippen MR) is 144 cm³/mol. The Labute approximate surface area is 210 Å². The van der Waals surface area contributed by atoms with E-state index in [1.807, 2.05) is 30.3 Å². The Balaban J connectivity index is 1.44. The van der Waals surface area contributed by atoms with Gasteiger partial charge in [-0.25, -0.2) is 0 Å². The molecule has 1 saturated heterocycles. The Kier molecular flexibility index (Phi) is 9.21. The first kappa shape index (κ1) is 25.3. The van der Waals surface area contributed by atoms with E-state index in [9.17, 15) is 9.59 Å². The molecule has 4 rings (SSSR count). The monoisotopic (exact) mass is 475 g/mol. The molecule has 2 N–H and O–H groups in total. The van der Waals surface area contributed by atoms with Gasteiger partial charge in [0, 0.05) is 36.1 Å². The normalized spacial score (nSPS) is 16.3. The maximum Gasteiger partial charge on any atom is 0.255 e. The van der Waals surface area contributed by atoms with Gasteiger partial charge < -0.3 is 15.5 Å². The van der Waals surface area contributed by atoms with Crippen molar-refractivity contribution in [1.82, 2.24) is 5.32 Å². The van der Waals surface area contributed by atoms with Crippen LogP contribution in [-0.2, 0) is 6.42 Å². The number of anilines is 2. The molecule has 0 atom stereocenters. The molecule has 2 aromatic carbocycles. The average Bonchev–Trinajstić information content (AvgIpc) is 3.42. The van der Waals surface area contributed by atoms with Crippen molar-refractivity contribution < 1.29 is 9.59 Å². The Morgan fingerprint density at radius 1 is 0.857 bits per heavy atom. The van der Waals surface area contributed by atoms with Crippen LogP contribution in [0.2, 0.25) is 0 Å². The lowest BCUT2D eigenvalue weighted by Crippen LogP contribution is -2.37. The molecule has 2 fully saturated rings. The van der Waals surface area contributed by atoms with Gasteiger partial charge in [0.15, 0.2) is 0 Å². The Hall–Kier alpha value is -2.82. The van der Waals surface area contributed by atoms with E-state index in [4.69, 9.17) is 0 Å². The molecular formula is C30H41N3O2. The van der Waals surface area contributed by atoms with Crippen LogP contribution >= 0.6 is 0 Å². The highest BCUT2D eigenvalue weighted by Crippen LogP contribution is 2.29. The molecule has 0 unspecified atom stereocenters. The smallest absolute Gasteiger partial charge is 0.255 e. The summed E-state index contributed by atoms with van der Waals surface area (Å²) in [5.41, 5.74) is 4.21. The molecule has 1 heterocycles. The van der Waals surface area contributed by atoms with E-state index in [-0.39, 0.29) is 17.9 Å². The third kappa shape index (κ3) is 7.09. The van der Waals surface area contributed by atoms with Crippen LogP contribution in [0.25, 0.3) is 0 Å². The van der Waals surface area contributed by atoms with Crippen molar-refractivity contribution >= 4 is 23.2 Å². The minimum atomic E-state index is -0.143. The molecule has 188 valence electrons.